The van der Waals surface area contributed by atoms with Gasteiger partial charge in [0.05, 0.1) is 16.8 Å². The number of hydrogen-bond acceptors (Lipinski definition) is 6. The SMILES string of the molecule is Cc1ccc(-n2c(SCC(=O)c3ccc(Br)cc3)nc3sc4c(c3c2=O)CCN(C)C4)cc1. The molecule has 33 heavy (non-hydrogen) atoms. The highest BCUT2D eigenvalue weighted by molar-refractivity contribution is 9.10. The molecule has 0 saturated heterocycles. The lowest BCUT2D eigenvalue weighted by Crippen LogP contribution is -2.27. The topological polar surface area (TPSA) is 55.2 Å². The van der Waals surface area contributed by atoms with E-state index in [1.54, 1.807) is 28.0 Å². The first-order valence-electron chi connectivity index (χ1n) is 10.6. The Labute approximate surface area is 208 Å². The quantitative estimate of drug-likeness (QED) is 0.191. The average Bonchev–Trinajstić information content (AvgIpc) is 3.16. The normalized spacial score (nSPS) is 13.9. The van der Waals surface area contributed by atoms with Crippen LogP contribution in [0.1, 0.15) is 26.4 Å². The van der Waals surface area contributed by atoms with Crippen molar-refractivity contribution in [3.63, 3.8) is 0 Å². The smallest absolute Gasteiger partial charge is 0.267 e. The van der Waals surface area contributed by atoms with E-state index in [2.05, 4.69) is 27.9 Å². The zero-order valence-electron chi connectivity index (χ0n) is 18.3. The number of thiophene rings is 1. The molecule has 0 unspecified atom stereocenters. The van der Waals surface area contributed by atoms with Crippen LogP contribution in [0, 0.1) is 6.92 Å². The average molecular weight is 541 g/mol. The van der Waals surface area contributed by atoms with E-state index in [-0.39, 0.29) is 17.1 Å². The van der Waals surface area contributed by atoms with E-state index in [0.717, 1.165) is 51.0 Å². The van der Waals surface area contributed by atoms with E-state index in [1.807, 2.05) is 43.3 Å². The van der Waals surface area contributed by atoms with Crippen molar-refractivity contribution in [1.29, 1.82) is 0 Å². The molecule has 0 N–H and O–H groups in total. The summed E-state index contributed by atoms with van der Waals surface area (Å²) >= 11 is 6.32. The molecule has 2 aromatic heterocycles. The maximum Gasteiger partial charge on any atom is 0.267 e. The number of benzene rings is 2. The number of hydrogen-bond donors (Lipinski definition) is 0. The molecule has 2 aromatic carbocycles. The predicted molar refractivity (Wildman–Crippen MR) is 139 cm³/mol. The minimum absolute atomic E-state index is 0.00407. The summed E-state index contributed by atoms with van der Waals surface area (Å²) in [6.45, 7) is 3.79. The van der Waals surface area contributed by atoms with Crippen molar-refractivity contribution in [2.45, 2.75) is 25.0 Å². The predicted octanol–water partition coefficient (Wildman–Crippen LogP) is 5.48. The largest absolute Gasteiger partial charge is 0.301 e. The van der Waals surface area contributed by atoms with Crippen LogP contribution in [0.15, 0.2) is 63.0 Å². The summed E-state index contributed by atoms with van der Waals surface area (Å²) < 4.78 is 2.60. The fourth-order valence-corrected chi connectivity index (χ4v) is 6.53. The maximum absolute atomic E-state index is 13.8. The Morgan fingerprint density at radius 1 is 1.15 bits per heavy atom. The summed E-state index contributed by atoms with van der Waals surface area (Å²) in [5, 5.41) is 1.28. The Hall–Kier alpha value is -2.26. The van der Waals surface area contributed by atoms with Gasteiger partial charge in [0.15, 0.2) is 10.9 Å². The van der Waals surface area contributed by atoms with Crippen LogP contribution in [0.3, 0.4) is 0 Å². The van der Waals surface area contributed by atoms with Crippen molar-refractivity contribution in [2.24, 2.45) is 0 Å². The van der Waals surface area contributed by atoms with Crippen molar-refractivity contribution in [1.82, 2.24) is 14.5 Å². The molecule has 0 atom stereocenters. The van der Waals surface area contributed by atoms with Gasteiger partial charge in [0.25, 0.3) is 5.56 Å². The molecule has 0 bridgehead atoms. The summed E-state index contributed by atoms with van der Waals surface area (Å²) in [6, 6.07) is 15.2. The first-order chi connectivity index (χ1) is 15.9. The fourth-order valence-electron chi connectivity index (χ4n) is 4.02. The van der Waals surface area contributed by atoms with Crippen molar-refractivity contribution in [2.75, 3.05) is 19.3 Å². The van der Waals surface area contributed by atoms with Gasteiger partial charge in [-0.2, -0.15) is 0 Å². The Kier molecular flexibility index (Phi) is 6.26. The Balaban J connectivity index is 1.59. The van der Waals surface area contributed by atoms with Gasteiger partial charge in [0.1, 0.15) is 4.83 Å². The highest BCUT2D eigenvalue weighted by Gasteiger charge is 2.24. The van der Waals surface area contributed by atoms with Gasteiger partial charge in [-0.25, -0.2) is 4.98 Å². The third kappa shape index (κ3) is 4.45. The Morgan fingerprint density at radius 2 is 1.88 bits per heavy atom. The number of Topliss-reactive ketones (excluding diaryl/α,β-unsaturated/α-hetero) is 1. The number of halogens is 1. The minimum atomic E-state index is -0.0514. The number of thioether (sulfide) groups is 1. The minimum Gasteiger partial charge on any atom is -0.301 e. The number of carbonyl (C=O) groups excluding carboxylic acids is 1. The van der Waals surface area contributed by atoms with Gasteiger partial charge >= 0.3 is 0 Å². The summed E-state index contributed by atoms with van der Waals surface area (Å²) in [7, 11) is 2.10. The molecule has 0 fully saturated rings. The Bertz CT molecular complexity index is 1410. The van der Waals surface area contributed by atoms with Crippen molar-refractivity contribution < 1.29 is 4.79 Å². The molecule has 0 spiro atoms. The van der Waals surface area contributed by atoms with E-state index in [4.69, 9.17) is 4.98 Å². The molecule has 1 aliphatic heterocycles. The van der Waals surface area contributed by atoms with Crippen LogP contribution in [0.2, 0.25) is 0 Å². The molecule has 3 heterocycles. The van der Waals surface area contributed by atoms with Gasteiger partial charge < -0.3 is 4.90 Å². The molecular formula is C25H22BrN3O2S2. The second-order valence-corrected chi connectivity index (χ2v) is 11.2. The molecule has 168 valence electrons. The summed E-state index contributed by atoms with van der Waals surface area (Å²) in [5.74, 6) is 0.212. The molecule has 5 rings (SSSR count). The van der Waals surface area contributed by atoms with Crippen LogP contribution >= 0.6 is 39.0 Å². The lowest BCUT2D eigenvalue weighted by Gasteiger charge is -2.21. The molecular weight excluding hydrogens is 518 g/mol. The van der Waals surface area contributed by atoms with Gasteiger partial charge in [-0.15, -0.1) is 11.3 Å². The molecule has 0 radical (unpaired) electrons. The number of carbonyl (C=O) groups is 1. The highest BCUT2D eigenvalue weighted by atomic mass is 79.9. The molecule has 4 aromatic rings. The van der Waals surface area contributed by atoms with Gasteiger partial charge in [-0.05, 0) is 50.2 Å². The summed E-state index contributed by atoms with van der Waals surface area (Å²) in [5.41, 5.74) is 3.62. The van der Waals surface area contributed by atoms with Crippen LogP contribution in [0.25, 0.3) is 15.9 Å². The summed E-state index contributed by atoms with van der Waals surface area (Å²) in [4.78, 5) is 35.8. The highest BCUT2D eigenvalue weighted by Crippen LogP contribution is 2.34. The Morgan fingerprint density at radius 3 is 2.61 bits per heavy atom. The van der Waals surface area contributed by atoms with Gasteiger partial charge in [-0.3, -0.25) is 14.2 Å². The first kappa shape index (κ1) is 22.5. The van der Waals surface area contributed by atoms with Crippen molar-refractivity contribution in [3.8, 4) is 5.69 Å². The second-order valence-electron chi connectivity index (χ2n) is 8.26. The monoisotopic (exact) mass is 539 g/mol. The first-order valence-corrected chi connectivity index (χ1v) is 13.2. The number of rotatable bonds is 5. The third-order valence-corrected chi connectivity index (χ3v) is 8.40. The molecule has 0 saturated carbocycles. The van der Waals surface area contributed by atoms with Gasteiger partial charge in [-0.1, -0.05) is 57.5 Å². The van der Waals surface area contributed by atoms with Crippen LogP contribution in [-0.4, -0.2) is 39.6 Å². The van der Waals surface area contributed by atoms with Crippen molar-refractivity contribution in [3.05, 3.63) is 84.9 Å². The van der Waals surface area contributed by atoms with E-state index in [0.29, 0.717) is 10.7 Å². The zero-order valence-corrected chi connectivity index (χ0v) is 21.5. The molecule has 0 amide bonds. The fraction of sp³-hybridized carbons (Fsp3) is 0.240. The zero-order chi connectivity index (χ0) is 23.1. The van der Waals surface area contributed by atoms with Crippen LogP contribution < -0.4 is 5.56 Å². The number of ketones is 1. The van der Waals surface area contributed by atoms with Gasteiger partial charge in [0.2, 0.25) is 0 Å². The van der Waals surface area contributed by atoms with E-state index in [9.17, 15) is 9.59 Å². The third-order valence-electron chi connectivity index (χ3n) is 5.83. The number of aromatic nitrogens is 2. The number of likely N-dealkylation sites (N-methyl/N-ethyl adjacent to an activating group) is 1. The van der Waals surface area contributed by atoms with Crippen LogP contribution in [0.5, 0.6) is 0 Å². The second kappa shape index (κ2) is 9.18. The maximum atomic E-state index is 13.8. The molecule has 1 aliphatic rings. The standard InChI is InChI=1S/C25H22BrN3O2S2/c1-15-3-9-18(10-4-15)29-24(31)22-19-11-12-28(2)13-21(19)33-23(22)27-25(29)32-14-20(30)16-5-7-17(26)8-6-16/h3-10H,11-14H2,1-2H3. The van der Waals surface area contributed by atoms with Crippen LogP contribution in [0.4, 0.5) is 0 Å². The van der Waals surface area contributed by atoms with Crippen LogP contribution in [-0.2, 0) is 13.0 Å². The molecule has 0 aliphatic carbocycles. The number of aryl methyl sites for hydroxylation is 1. The number of nitrogens with zero attached hydrogens (tertiary/aromatic N) is 3. The molecule has 8 heteroatoms. The van der Waals surface area contributed by atoms with E-state index in [1.165, 1.54) is 16.6 Å². The van der Waals surface area contributed by atoms with E-state index >= 15 is 0 Å². The lowest BCUT2D eigenvalue weighted by atomic mass is 10.1. The molecule has 5 nitrogen and oxygen atoms in total. The van der Waals surface area contributed by atoms with Gasteiger partial charge in [0, 0.05) is 28.0 Å². The van der Waals surface area contributed by atoms with Crippen molar-refractivity contribution >= 4 is 55.0 Å². The summed E-state index contributed by atoms with van der Waals surface area (Å²) in [6.07, 6.45) is 0.852. The number of fused-ring (bicyclic) bond motifs is 3. The van der Waals surface area contributed by atoms with E-state index < -0.39 is 0 Å². The lowest BCUT2D eigenvalue weighted by molar-refractivity contribution is 0.102.